The Kier molecular flexibility index (Phi) is 6.21. The maximum atomic E-state index is 6.35. The molecule has 3 aromatic carbocycles. The first-order valence-corrected chi connectivity index (χ1v) is 12.2. The fourth-order valence-electron chi connectivity index (χ4n) is 4.81. The number of aromatic nitrogens is 2. The summed E-state index contributed by atoms with van der Waals surface area (Å²) in [5.41, 5.74) is 7.57. The highest BCUT2D eigenvalue weighted by Crippen LogP contribution is 2.32. The first kappa shape index (κ1) is 21.4. The van der Waals surface area contributed by atoms with Gasteiger partial charge < -0.3 is 14.3 Å². The molecule has 0 amide bonds. The Balaban J connectivity index is 1.35. The normalized spacial score (nSPS) is 11.5. The first-order valence-electron chi connectivity index (χ1n) is 12.2. The van der Waals surface area contributed by atoms with Gasteiger partial charge >= 0.3 is 0 Å². The van der Waals surface area contributed by atoms with E-state index >= 15 is 0 Å². The van der Waals surface area contributed by atoms with Gasteiger partial charge in [0, 0.05) is 40.5 Å². The van der Waals surface area contributed by atoms with Crippen LogP contribution in [0.15, 0.2) is 79.0 Å². The van der Waals surface area contributed by atoms with Gasteiger partial charge in [0.15, 0.2) is 0 Å². The van der Waals surface area contributed by atoms with Crippen LogP contribution < -0.4 is 4.74 Å². The average Bonchev–Trinajstić information content (AvgIpc) is 3.45. The number of nitrogens with zero attached hydrogens (tertiary/aromatic N) is 1. The van der Waals surface area contributed by atoms with E-state index in [-0.39, 0.29) is 0 Å². The number of hydrogen-bond donors (Lipinski definition) is 1. The lowest BCUT2D eigenvalue weighted by Crippen LogP contribution is -2.04. The van der Waals surface area contributed by atoms with Crippen LogP contribution in [0.1, 0.15) is 43.5 Å². The summed E-state index contributed by atoms with van der Waals surface area (Å²) in [6.07, 6.45) is 7.45. The van der Waals surface area contributed by atoms with Gasteiger partial charge in [0.2, 0.25) is 0 Å². The molecule has 3 nitrogen and oxygen atoms in total. The van der Waals surface area contributed by atoms with Crippen LogP contribution in [0, 0.1) is 0 Å². The summed E-state index contributed by atoms with van der Waals surface area (Å²) >= 11 is 0. The Morgan fingerprint density at radius 2 is 1.67 bits per heavy atom. The van der Waals surface area contributed by atoms with Crippen LogP contribution in [-0.2, 0) is 19.3 Å². The number of para-hydroxylation sites is 1. The van der Waals surface area contributed by atoms with Gasteiger partial charge in [-0.15, -0.1) is 0 Å². The third kappa shape index (κ3) is 4.41. The minimum Gasteiger partial charge on any atom is -0.493 e. The predicted molar refractivity (Wildman–Crippen MR) is 139 cm³/mol. The lowest BCUT2D eigenvalue weighted by molar-refractivity contribution is 0.318. The number of rotatable bonds is 9. The summed E-state index contributed by atoms with van der Waals surface area (Å²) in [7, 11) is 0. The smallest absolute Gasteiger partial charge is 0.123 e. The van der Waals surface area contributed by atoms with E-state index in [0.29, 0.717) is 6.61 Å². The molecule has 3 heteroatoms. The largest absolute Gasteiger partial charge is 0.493 e. The number of benzene rings is 3. The lowest BCUT2D eigenvalue weighted by atomic mass is 10.0. The number of aromatic amines is 1. The molecular weight excluding hydrogens is 404 g/mol. The van der Waals surface area contributed by atoms with Crippen molar-refractivity contribution < 1.29 is 4.74 Å². The second kappa shape index (κ2) is 9.58. The van der Waals surface area contributed by atoms with E-state index in [1.54, 1.807) is 0 Å². The lowest BCUT2D eigenvalue weighted by Gasteiger charge is -2.13. The molecule has 0 saturated carbocycles. The van der Waals surface area contributed by atoms with E-state index in [9.17, 15) is 0 Å². The van der Waals surface area contributed by atoms with Crippen molar-refractivity contribution in [1.82, 2.24) is 9.55 Å². The highest BCUT2D eigenvalue weighted by atomic mass is 16.5. The van der Waals surface area contributed by atoms with E-state index < -0.39 is 0 Å². The molecule has 5 rings (SSSR count). The number of ether oxygens (including phenoxy) is 1. The maximum Gasteiger partial charge on any atom is 0.123 e. The molecule has 0 radical (unpaired) electrons. The van der Waals surface area contributed by atoms with Crippen LogP contribution in [0.5, 0.6) is 5.75 Å². The van der Waals surface area contributed by atoms with E-state index in [1.807, 2.05) is 0 Å². The molecular formula is C30H32N2O. The number of H-pyrrole nitrogens is 1. The molecule has 0 unspecified atom stereocenters. The molecule has 0 aliphatic heterocycles. The molecule has 0 fully saturated rings. The van der Waals surface area contributed by atoms with Gasteiger partial charge in [0.05, 0.1) is 12.1 Å². The third-order valence-electron chi connectivity index (χ3n) is 6.38. The fourth-order valence-corrected chi connectivity index (χ4v) is 4.81. The monoisotopic (exact) mass is 436 g/mol. The molecule has 1 N–H and O–H groups in total. The Bertz CT molecular complexity index is 1360. The molecule has 2 aromatic heterocycles. The molecule has 0 aliphatic rings. The molecule has 33 heavy (non-hydrogen) atoms. The number of hydrogen-bond acceptors (Lipinski definition) is 1. The SMILES string of the molecule is CCCc1ccc2[nH]c(CCOc3ccc4c(ccn4-c4ccccc4)c3CCC)cc2c1. The second-order valence-electron chi connectivity index (χ2n) is 8.81. The average molecular weight is 437 g/mol. The molecule has 2 heterocycles. The van der Waals surface area contributed by atoms with Crippen molar-refractivity contribution in [2.75, 3.05) is 6.61 Å². The van der Waals surface area contributed by atoms with Crippen LogP contribution in [0.2, 0.25) is 0 Å². The standard InChI is InChI=1S/C30H32N2O/c1-3-8-22-12-13-28-23(20-22)21-24(31-28)17-19-33-30-15-14-29-26(27(30)9-4-2)16-18-32(29)25-10-6-5-7-11-25/h5-7,10-16,18,20-21,31H,3-4,8-9,17,19H2,1-2H3. The van der Waals surface area contributed by atoms with Gasteiger partial charge in [-0.05, 0) is 72.3 Å². The zero-order valence-corrected chi connectivity index (χ0v) is 19.6. The highest BCUT2D eigenvalue weighted by Gasteiger charge is 2.13. The first-order chi connectivity index (χ1) is 16.3. The number of fused-ring (bicyclic) bond motifs is 2. The Hall–Kier alpha value is -3.46. The van der Waals surface area contributed by atoms with Crippen LogP contribution >= 0.6 is 0 Å². The Morgan fingerprint density at radius 1 is 0.818 bits per heavy atom. The minimum absolute atomic E-state index is 0.663. The topological polar surface area (TPSA) is 29.9 Å². The second-order valence-corrected chi connectivity index (χ2v) is 8.81. The van der Waals surface area contributed by atoms with Crippen molar-refractivity contribution in [2.24, 2.45) is 0 Å². The highest BCUT2D eigenvalue weighted by molar-refractivity contribution is 5.87. The molecule has 0 saturated heterocycles. The number of aryl methyl sites for hydroxylation is 2. The van der Waals surface area contributed by atoms with Crippen molar-refractivity contribution in [2.45, 2.75) is 46.0 Å². The van der Waals surface area contributed by atoms with Gasteiger partial charge in [0.25, 0.3) is 0 Å². The third-order valence-corrected chi connectivity index (χ3v) is 6.38. The maximum absolute atomic E-state index is 6.35. The van der Waals surface area contributed by atoms with Crippen molar-refractivity contribution in [3.05, 3.63) is 95.8 Å². The summed E-state index contributed by atoms with van der Waals surface area (Å²) in [5.74, 6) is 1.01. The van der Waals surface area contributed by atoms with Crippen molar-refractivity contribution in [3.8, 4) is 11.4 Å². The Morgan fingerprint density at radius 3 is 2.48 bits per heavy atom. The van der Waals surface area contributed by atoms with Crippen molar-refractivity contribution in [3.63, 3.8) is 0 Å². The molecule has 168 valence electrons. The molecule has 0 bridgehead atoms. The quantitative estimate of drug-likeness (QED) is 0.253. The summed E-state index contributed by atoms with van der Waals surface area (Å²) in [6.45, 7) is 5.12. The van der Waals surface area contributed by atoms with Crippen molar-refractivity contribution in [1.29, 1.82) is 0 Å². The van der Waals surface area contributed by atoms with Gasteiger partial charge in [-0.25, -0.2) is 0 Å². The zero-order chi connectivity index (χ0) is 22.6. The molecule has 0 spiro atoms. The summed E-state index contributed by atoms with van der Waals surface area (Å²) < 4.78 is 8.61. The van der Waals surface area contributed by atoms with E-state index in [2.05, 4.69) is 102 Å². The number of nitrogens with one attached hydrogen (secondary N) is 1. The van der Waals surface area contributed by atoms with Crippen molar-refractivity contribution >= 4 is 21.8 Å². The molecule has 0 aliphatic carbocycles. The van der Waals surface area contributed by atoms with E-state index in [0.717, 1.165) is 31.4 Å². The van der Waals surface area contributed by atoms with Crippen LogP contribution in [0.25, 0.3) is 27.5 Å². The fraction of sp³-hybridized carbons (Fsp3) is 0.267. The van der Waals surface area contributed by atoms with Gasteiger partial charge in [-0.1, -0.05) is 51.0 Å². The van der Waals surface area contributed by atoms with Gasteiger partial charge in [0.1, 0.15) is 5.75 Å². The molecule has 0 atom stereocenters. The van der Waals surface area contributed by atoms with Crippen LogP contribution in [-0.4, -0.2) is 16.2 Å². The predicted octanol–water partition coefficient (Wildman–Crippen LogP) is 7.64. The summed E-state index contributed by atoms with van der Waals surface area (Å²) in [5, 5.41) is 2.58. The van der Waals surface area contributed by atoms with Gasteiger partial charge in [-0.2, -0.15) is 0 Å². The summed E-state index contributed by atoms with van der Waals surface area (Å²) in [4.78, 5) is 3.56. The van der Waals surface area contributed by atoms with E-state index in [4.69, 9.17) is 4.74 Å². The van der Waals surface area contributed by atoms with Crippen LogP contribution in [0.4, 0.5) is 0 Å². The van der Waals surface area contributed by atoms with Gasteiger partial charge in [-0.3, -0.25) is 0 Å². The zero-order valence-electron chi connectivity index (χ0n) is 19.6. The van der Waals surface area contributed by atoms with Crippen LogP contribution in [0.3, 0.4) is 0 Å². The molecule has 5 aromatic rings. The van der Waals surface area contributed by atoms with E-state index in [1.165, 1.54) is 50.7 Å². The Labute approximate surface area is 196 Å². The minimum atomic E-state index is 0.663. The summed E-state index contributed by atoms with van der Waals surface area (Å²) in [6, 6.07) is 26.1.